The number of rotatable bonds is 4. The van der Waals surface area contributed by atoms with Gasteiger partial charge in [-0.15, -0.1) is 0 Å². The maximum absolute atomic E-state index is 12.5. The van der Waals surface area contributed by atoms with E-state index in [1.165, 1.54) is 37.4 Å². The lowest BCUT2D eigenvalue weighted by Crippen LogP contribution is -2.17. The average molecular weight is 416 g/mol. The van der Waals surface area contributed by atoms with E-state index < -0.39 is 0 Å². The lowest BCUT2D eigenvalue weighted by Gasteiger charge is -2.10. The van der Waals surface area contributed by atoms with Crippen LogP contribution in [0.25, 0.3) is 10.9 Å². The van der Waals surface area contributed by atoms with Crippen molar-refractivity contribution in [1.29, 1.82) is 0 Å². The molecule has 28 heavy (non-hydrogen) atoms. The molecule has 0 fully saturated rings. The molecule has 2 N–H and O–H groups in total. The number of carbonyl (C=O) groups is 1. The van der Waals surface area contributed by atoms with Crippen LogP contribution in [-0.4, -0.2) is 24.2 Å². The van der Waals surface area contributed by atoms with Crippen LogP contribution in [0.15, 0.2) is 35.4 Å². The number of hydrazone groups is 1. The maximum Gasteiger partial charge on any atom is 0.271 e. The van der Waals surface area contributed by atoms with E-state index in [0.29, 0.717) is 26.9 Å². The van der Waals surface area contributed by atoms with Gasteiger partial charge in [-0.05, 0) is 67.1 Å². The predicted molar refractivity (Wildman–Crippen MR) is 113 cm³/mol. The topological polar surface area (TPSA) is 66.5 Å². The van der Waals surface area contributed by atoms with Crippen LogP contribution >= 0.6 is 23.2 Å². The van der Waals surface area contributed by atoms with Crippen molar-refractivity contribution in [2.75, 3.05) is 7.11 Å². The summed E-state index contributed by atoms with van der Waals surface area (Å²) in [6.45, 7) is 0. The quantitative estimate of drug-likeness (QED) is 0.458. The van der Waals surface area contributed by atoms with Gasteiger partial charge in [0.1, 0.15) is 0 Å². The Labute approximate surface area is 172 Å². The fourth-order valence-corrected chi connectivity index (χ4v) is 4.28. The number of methoxy groups -OCH3 is 1. The van der Waals surface area contributed by atoms with Gasteiger partial charge in [0.15, 0.2) is 5.75 Å². The first kappa shape index (κ1) is 18.8. The summed E-state index contributed by atoms with van der Waals surface area (Å²) in [5.74, 6) is 0.141. The third kappa shape index (κ3) is 3.60. The molecule has 3 aromatic rings. The monoisotopic (exact) mass is 415 g/mol. The standard InChI is InChI=1S/C21H19Cl2N3O2/c1-28-20-16(22)8-12(9-17(20)23)11-24-26-21(27)13-6-7-19-15(10-13)14-4-2-3-5-18(14)25-19/h6-11,25H,2-5H2,1H3,(H,26,27)/b24-11-. The number of aromatic amines is 1. The summed E-state index contributed by atoms with van der Waals surface area (Å²) in [5.41, 5.74) is 7.50. The molecule has 1 aliphatic rings. The summed E-state index contributed by atoms with van der Waals surface area (Å²) in [6.07, 6.45) is 6.01. The van der Waals surface area contributed by atoms with E-state index in [1.54, 1.807) is 18.2 Å². The Balaban J connectivity index is 1.51. The second-order valence-corrected chi connectivity index (χ2v) is 7.58. The van der Waals surface area contributed by atoms with Crippen molar-refractivity contribution in [3.63, 3.8) is 0 Å². The van der Waals surface area contributed by atoms with Gasteiger partial charge in [0.2, 0.25) is 0 Å². The Hall–Kier alpha value is -2.50. The molecule has 0 saturated carbocycles. The Kier molecular flexibility index (Phi) is 5.29. The zero-order chi connectivity index (χ0) is 19.7. The normalized spacial score (nSPS) is 13.7. The summed E-state index contributed by atoms with van der Waals surface area (Å²) in [6, 6.07) is 9.02. The number of fused-ring (bicyclic) bond motifs is 3. The van der Waals surface area contributed by atoms with Crippen molar-refractivity contribution in [3.8, 4) is 5.75 Å². The van der Waals surface area contributed by atoms with E-state index >= 15 is 0 Å². The van der Waals surface area contributed by atoms with Gasteiger partial charge in [0.25, 0.3) is 5.91 Å². The molecule has 0 bridgehead atoms. The summed E-state index contributed by atoms with van der Waals surface area (Å²) in [5, 5.41) is 5.91. The smallest absolute Gasteiger partial charge is 0.271 e. The molecule has 1 aliphatic carbocycles. The van der Waals surface area contributed by atoms with Crippen LogP contribution in [0.4, 0.5) is 0 Å². The number of hydrogen-bond acceptors (Lipinski definition) is 3. The number of amides is 1. The van der Waals surface area contributed by atoms with Gasteiger partial charge in [-0.25, -0.2) is 5.43 Å². The van der Waals surface area contributed by atoms with Gasteiger partial charge in [-0.1, -0.05) is 23.2 Å². The van der Waals surface area contributed by atoms with Crippen molar-refractivity contribution in [1.82, 2.24) is 10.4 Å². The van der Waals surface area contributed by atoms with Crippen molar-refractivity contribution in [3.05, 3.63) is 62.8 Å². The number of hydrogen-bond donors (Lipinski definition) is 2. The number of aryl methyl sites for hydroxylation is 2. The van der Waals surface area contributed by atoms with Crippen LogP contribution in [0, 0.1) is 0 Å². The van der Waals surface area contributed by atoms with Gasteiger partial charge in [-0.3, -0.25) is 4.79 Å². The fourth-order valence-electron chi connectivity index (χ4n) is 3.63. The molecule has 1 amide bonds. The van der Waals surface area contributed by atoms with Crippen molar-refractivity contribution >= 4 is 46.2 Å². The largest absolute Gasteiger partial charge is 0.494 e. The summed E-state index contributed by atoms with van der Waals surface area (Å²) in [7, 11) is 1.50. The molecule has 0 atom stereocenters. The second-order valence-electron chi connectivity index (χ2n) is 6.77. The molecular weight excluding hydrogens is 397 g/mol. The first-order valence-electron chi connectivity index (χ1n) is 9.06. The Bertz CT molecular complexity index is 1070. The minimum atomic E-state index is -0.269. The Morgan fingerprint density at radius 1 is 1.18 bits per heavy atom. The number of halogens is 2. The van der Waals surface area contributed by atoms with Gasteiger partial charge >= 0.3 is 0 Å². The Morgan fingerprint density at radius 2 is 1.93 bits per heavy atom. The number of ether oxygens (including phenoxy) is 1. The molecule has 0 aliphatic heterocycles. The van der Waals surface area contributed by atoms with Gasteiger partial charge < -0.3 is 9.72 Å². The van der Waals surface area contributed by atoms with Crippen LogP contribution in [0.5, 0.6) is 5.75 Å². The molecule has 1 aromatic heterocycles. The first-order chi connectivity index (χ1) is 13.6. The third-order valence-corrected chi connectivity index (χ3v) is 5.53. The van der Waals surface area contributed by atoms with E-state index in [-0.39, 0.29) is 5.91 Å². The number of aromatic nitrogens is 1. The van der Waals surface area contributed by atoms with Crippen LogP contribution in [-0.2, 0) is 12.8 Å². The van der Waals surface area contributed by atoms with Crippen LogP contribution in [0.3, 0.4) is 0 Å². The van der Waals surface area contributed by atoms with E-state index in [4.69, 9.17) is 27.9 Å². The van der Waals surface area contributed by atoms with Gasteiger partial charge in [0.05, 0.1) is 23.4 Å². The summed E-state index contributed by atoms with van der Waals surface area (Å²) >= 11 is 12.2. The fraction of sp³-hybridized carbons (Fsp3) is 0.238. The molecule has 0 unspecified atom stereocenters. The molecule has 5 nitrogen and oxygen atoms in total. The SMILES string of the molecule is COc1c(Cl)cc(/C=N\NC(=O)c2ccc3[nH]c4c(c3c2)CCCC4)cc1Cl. The third-order valence-electron chi connectivity index (χ3n) is 4.96. The number of H-pyrrole nitrogens is 1. The lowest BCUT2D eigenvalue weighted by atomic mass is 9.95. The molecule has 0 radical (unpaired) electrons. The van der Waals surface area contributed by atoms with Crippen molar-refractivity contribution in [2.45, 2.75) is 25.7 Å². The molecule has 1 heterocycles. The first-order valence-corrected chi connectivity index (χ1v) is 9.82. The number of benzene rings is 2. The predicted octanol–water partition coefficient (Wildman–Crippen LogP) is 5.13. The Morgan fingerprint density at radius 3 is 2.68 bits per heavy atom. The van der Waals surface area contributed by atoms with E-state index in [0.717, 1.165) is 23.7 Å². The minimum Gasteiger partial charge on any atom is -0.494 e. The molecular formula is C21H19Cl2N3O2. The number of carbonyl (C=O) groups excluding carboxylic acids is 1. The number of nitrogens with one attached hydrogen (secondary N) is 2. The minimum absolute atomic E-state index is 0.269. The lowest BCUT2D eigenvalue weighted by molar-refractivity contribution is 0.0955. The van der Waals surface area contributed by atoms with Crippen molar-refractivity contribution in [2.24, 2.45) is 5.10 Å². The molecule has 0 saturated heterocycles. The average Bonchev–Trinajstić information content (AvgIpc) is 3.05. The molecule has 7 heteroatoms. The number of nitrogens with zero attached hydrogens (tertiary/aromatic N) is 1. The highest BCUT2D eigenvalue weighted by Gasteiger charge is 2.16. The molecule has 2 aromatic carbocycles. The highest BCUT2D eigenvalue weighted by molar-refractivity contribution is 6.37. The van der Waals surface area contributed by atoms with E-state index in [9.17, 15) is 4.79 Å². The van der Waals surface area contributed by atoms with Crippen LogP contribution in [0.2, 0.25) is 10.0 Å². The molecule has 0 spiro atoms. The van der Waals surface area contributed by atoms with Crippen LogP contribution < -0.4 is 10.2 Å². The zero-order valence-electron chi connectivity index (χ0n) is 15.3. The molecule has 4 rings (SSSR count). The highest BCUT2D eigenvalue weighted by atomic mass is 35.5. The highest BCUT2D eigenvalue weighted by Crippen LogP contribution is 2.33. The second kappa shape index (κ2) is 7.86. The van der Waals surface area contributed by atoms with E-state index in [1.807, 2.05) is 12.1 Å². The van der Waals surface area contributed by atoms with E-state index in [2.05, 4.69) is 15.5 Å². The molecule has 144 valence electrons. The van der Waals surface area contributed by atoms with Gasteiger partial charge in [0, 0.05) is 22.2 Å². The summed E-state index contributed by atoms with van der Waals surface area (Å²) < 4.78 is 5.12. The van der Waals surface area contributed by atoms with Gasteiger partial charge in [-0.2, -0.15) is 5.10 Å². The summed E-state index contributed by atoms with van der Waals surface area (Å²) in [4.78, 5) is 16.0. The zero-order valence-corrected chi connectivity index (χ0v) is 16.8. The van der Waals surface area contributed by atoms with Crippen LogP contribution in [0.1, 0.15) is 40.0 Å². The van der Waals surface area contributed by atoms with Crippen molar-refractivity contribution < 1.29 is 9.53 Å². The maximum atomic E-state index is 12.5.